The van der Waals surface area contributed by atoms with Crippen LogP contribution in [-0.4, -0.2) is 18.5 Å². The van der Waals surface area contributed by atoms with Crippen LogP contribution in [0.15, 0.2) is 17.1 Å². The van der Waals surface area contributed by atoms with E-state index in [1.807, 2.05) is 0 Å². The number of benzene rings is 1. The van der Waals surface area contributed by atoms with Gasteiger partial charge in [0.15, 0.2) is 12.0 Å². The van der Waals surface area contributed by atoms with Crippen molar-refractivity contribution in [1.82, 2.24) is 0 Å². The van der Waals surface area contributed by atoms with Crippen LogP contribution >= 0.6 is 24.2 Å². The predicted molar refractivity (Wildman–Crippen MR) is 86.6 cm³/mol. The van der Waals surface area contributed by atoms with Crippen LogP contribution < -0.4 is 10.5 Å². The second kappa shape index (κ2) is 8.46. The third-order valence-electron chi connectivity index (χ3n) is 2.74. The molecule has 0 amide bonds. The van der Waals surface area contributed by atoms with Gasteiger partial charge in [0.2, 0.25) is 0 Å². The second-order valence-corrected chi connectivity index (χ2v) is 6.02. The number of hydrogen-bond acceptors (Lipinski definition) is 4. The molecule has 1 aliphatic heterocycles. The molecule has 7 heteroatoms. The molecule has 2 rings (SSSR count). The maximum Gasteiger partial charge on any atom is 0.189 e. The van der Waals surface area contributed by atoms with Crippen molar-refractivity contribution in [3.63, 3.8) is 0 Å². The Morgan fingerprint density at radius 1 is 1.48 bits per heavy atom. The van der Waals surface area contributed by atoms with Gasteiger partial charge in [-0.25, -0.2) is 4.39 Å². The zero-order valence-corrected chi connectivity index (χ0v) is 13.7. The molecule has 1 aromatic carbocycles. The van der Waals surface area contributed by atoms with Gasteiger partial charge in [-0.1, -0.05) is 25.6 Å². The summed E-state index contributed by atoms with van der Waals surface area (Å²) in [4.78, 5) is 4.27. The lowest BCUT2D eigenvalue weighted by Gasteiger charge is -2.20. The highest BCUT2D eigenvalue weighted by Crippen LogP contribution is 2.31. The standard InChI is InChI=1S/C14H19FN2O2S.ClH/c1-9(2)5-17-14(16)20-7-11-4-12(15)3-10-6-18-8-19-13(10)11;/h3-4,9H,5-8H2,1-2H3,(H2,16,17);1H. The van der Waals surface area contributed by atoms with Crippen molar-refractivity contribution in [2.24, 2.45) is 16.6 Å². The summed E-state index contributed by atoms with van der Waals surface area (Å²) in [5, 5.41) is 0.517. The number of ether oxygens (including phenoxy) is 2. The quantitative estimate of drug-likeness (QED) is 0.678. The summed E-state index contributed by atoms with van der Waals surface area (Å²) in [6, 6.07) is 2.92. The molecule has 1 aromatic rings. The number of nitrogens with two attached hydrogens (primary N) is 1. The molecule has 0 spiro atoms. The van der Waals surface area contributed by atoms with Crippen LogP contribution in [0.4, 0.5) is 4.39 Å². The predicted octanol–water partition coefficient (Wildman–Crippen LogP) is 3.32. The van der Waals surface area contributed by atoms with Gasteiger partial charge in [-0.15, -0.1) is 12.4 Å². The Morgan fingerprint density at radius 2 is 2.24 bits per heavy atom. The minimum atomic E-state index is -0.286. The van der Waals surface area contributed by atoms with E-state index in [-0.39, 0.29) is 25.0 Å². The van der Waals surface area contributed by atoms with E-state index in [2.05, 4.69) is 18.8 Å². The molecule has 0 fully saturated rings. The van der Waals surface area contributed by atoms with Crippen molar-refractivity contribution < 1.29 is 13.9 Å². The van der Waals surface area contributed by atoms with Crippen LogP contribution in [0.25, 0.3) is 0 Å². The van der Waals surface area contributed by atoms with Crippen LogP contribution in [0.3, 0.4) is 0 Å². The molecular weight excluding hydrogens is 315 g/mol. The van der Waals surface area contributed by atoms with E-state index in [1.165, 1.54) is 23.9 Å². The molecule has 4 nitrogen and oxygen atoms in total. The van der Waals surface area contributed by atoms with Crippen molar-refractivity contribution >= 4 is 29.3 Å². The molecule has 1 aliphatic rings. The van der Waals surface area contributed by atoms with E-state index >= 15 is 0 Å². The lowest BCUT2D eigenvalue weighted by Crippen LogP contribution is -2.14. The van der Waals surface area contributed by atoms with E-state index in [0.29, 0.717) is 35.7 Å². The lowest BCUT2D eigenvalue weighted by molar-refractivity contribution is -0.0171. The summed E-state index contributed by atoms with van der Waals surface area (Å²) < 4.78 is 24.2. The topological polar surface area (TPSA) is 56.8 Å². The number of nitrogens with zero attached hydrogens (tertiary/aromatic N) is 1. The molecule has 0 saturated heterocycles. The minimum absolute atomic E-state index is 0. The van der Waals surface area contributed by atoms with Crippen LogP contribution in [0.5, 0.6) is 5.75 Å². The Balaban J connectivity index is 0.00000220. The molecular formula is C14H20ClFN2O2S. The molecule has 2 N–H and O–H groups in total. The number of aliphatic imine (C=N–C) groups is 1. The van der Waals surface area contributed by atoms with Gasteiger partial charge in [-0.3, -0.25) is 4.99 Å². The fourth-order valence-corrected chi connectivity index (χ4v) is 2.52. The molecule has 0 aliphatic carbocycles. The van der Waals surface area contributed by atoms with Crippen LogP contribution in [0.1, 0.15) is 25.0 Å². The molecule has 1 heterocycles. The summed E-state index contributed by atoms with van der Waals surface area (Å²) >= 11 is 1.39. The number of thioether (sulfide) groups is 1. The monoisotopic (exact) mass is 334 g/mol. The number of hydrogen-bond donors (Lipinski definition) is 1. The Hall–Kier alpha value is -0.980. The zero-order valence-electron chi connectivity index (χ0n) is 12.1. The van der Waals surface area contributed by atoms with Gasteiger partial charge < -0.3 is 15.2 Å². The molecule has 118 valence electrons. The molecule has 21 heavy (non-hydrogen) atoms. The molecule has 0 radical (unpaired) electrons. The van der Waals surface area contributed by atoms with Gasteiger partial charge in [0.05, 0.1) is 6.61 Å². The highest BCUT2D eigenvalue weighted by molar-refractivity contribution is 8.13. The lowest BCUT2D eigenvalue weighted by atomic mass is 10.1. The largest absolute Gasteiger partial charge is 0.467 e. The van der Waals surface area contributed by atoms with Gasteiger partial charge in [0, 0.05) is 23.4 Å². The molecule has 0 unspecified atom stereocenters. The average molecular weight is 335 g/mol. The van der Waals surface area contributed by atoms with Gasteiger partial charge in [-0.05, 0) is 18.1 Å². The van der Waals surface area contributed by atoms with E-state index in [9.17, 15) is 4.39 Å². The fourth-order valence-electron chi connectivity index (χ4n) is 1.83. The maximum atomic E-state index is 13.6. The van der Waals surface area contributed by atoms with E-state index < -0.39 is 0 Å². The maximum absolute atomic E-state index is 13.6. The van der Waals surface area contributed by atoms with Crippen molar-refractivity contribution in [2.75, 3.05) is 13.3 Å². The van der Waals surface area contributed by atoms with Crippen LogP contribution in [0.2, 0.25) is 0 Å². The first-order valence-corrected chi connectivity index (χ1v) is 7.49. The van der Waals surface area contributed by atoms with E-state index in [1.54, 1.807) is 0 Å². The summed E-state index contributed by atoms with van der Waals surface area (Å²) in [5.74, 6) is 1.43. The minimum Gasteiger partial charge on any atom is -0.467 e. The Kier molecular flexibility index (Phi) is 7.28. The third-order valence-corrected chi connectivity index (χ3v) is 3.62. The fraction of sp³-hybridized carbons (Fsp3) is 0.500. The number of fused-ring (bicyclic) bond motifs is 1. The van der Waals surface area contributed by atoms with Gasteiger partial charge in [-0.2, -0.15) is 0 Å². The average Bonchev–Trinajstić information content (AvgIpc) is 2.42. The first-order chi connectivity index (χ1) is 9.56. The summed E-state index contributed by atoms with van der Waals surface area (Å²) in [7, 11) is 0. The van der Waals surface area contributed by atoms with Crippen molar-refractivity contribution in [3.05, 3.63) is 29.1 Å². The van der Waals surface area contributed by atoms with Gasteiger partial charge >= 0.3 is 0 Å². The Labute approximate surface area is 134 Å². The van der Waals surface area contributed by atoms with Crippen LogP contribution in [0, 0.1) is 11.7 Å². The van der Waals surface area contributed by atoms with E-state index in [0.717, 1.165) is 11.1 Å². The van der Waals surface area contributed by atoms with Gasteiger partial charge in [0.25, 0.3) is 0 Å². The third kappa shape index (κ3) is 5.37. The van der Waals surface area contributed by atoms with Crippen molar-refractivity contribution in [1.29, 1.82) is 0 Å². The van der Waals surface area contributed by atoms with Crippen molar-refractivity contribution in [3.8, 4) is 5.75 Å². The zero-order chi connectivity index (χ0) is 14.5. The Morgan fingerprint density at radius 3 is 2.95 bits per heavy atom. The number of rotatable bonds is 4. The number of amidine groups is 1. The SMILES string of the molecule is CC(C)CN=C(N)SCc1cc(F)cc2c1OCOC2.Cl. The van der Waals surface area contributed by atoms with Gasteiger partial charge in [0.1, 0.15) is 11.6 Å². The van der Waals surface area contributed by atoms with E-state index in [4.69, 9.17) is 15.2 Å². The number of halogens is 2. The summed E-state index contributed by atoms with van der Waals surface area (Å²) in [5.41, 5.74) is 7.37. The molecule has 0 bridgehead atoms. The summed E-state index contributed by atoms with van der Waals surface area (Å²) in [6.45, 7) is 5.44. The Bertz CT molecular complexity index is 512. The first kappa shape index (κ1) is 18.1. The molecule has 0 saturated carbocycles. The molecule has 0 atom stereocenters. The smallest absolute Gasteiger partial charge is 0.189 e. The summed E-state index contributed by atoms with van der Waals surface area (Å²) in [6.07, 6.45) is 0. The highest BCUT2D eigenvalue weighted by Gasteiger charge is 2.17. The first-order valence-electron chi connectivity index (χ1n) is 6.51. The second-order valence-electron chi connectivity index (χ2n) is 5.03. The molecule has 0 aromatic heterocycles. The normalized spacial score (nSPS) is 14.4. The highest BCUT2D eigenvalue weighted by atomic mass is 35.5. The van der Waals surface area contributed by atoms with Crippen LogP contribution in [-0.2, 0) is 17.1 Å². The van der Waals surface area contributed by atoms with Crippen molar-refractivity contribution in [2.45, 2.75) is 26.2 Å².